The van der Waals surface area contributed by atoms with E-state index in [9.17, 15) is 0 Å². The smallest absolute Gasteiger partial charge is 0.191 e. The zero-order valence-corrected chi connectivity index (χ0v) is 21.3. The molecule has 0 bridgehead atoms. The molecular weight excluding hydrogens is 497 g/mol. The quantitative estimate of drug-likeness (QED) is 0.305. The van der Waals surface area contributed by atoms with E-state index >= 15 is 0 Å². The predicted octanol–water partition coefficient (Wildman–Crippen LogP) is 3.09. The Morgan fingerprint density at radius 2 is 2.03 bits per heavy atom. The van der Waals surface area contributed by atoms with E-state index in [0.717, 1.165) is 58.4 Å². The molecule has 0 aliphatic carbocycles. The van der Waals surface area contributed by atoms with E-state index in [2.05, 4.69) is 53.3 Å². The molecular formula is C21H38IN5OS. The maximum Gasteiger partial charge on any atom is 0.191 e. The number of halogens is 1. The lowest BCUT2D eigenvalue weighted by Gasteiger charge is -2.33. The molecule has 0 amide bonds. The van der Waals surface area contributed by atoms with Crippen molar-refractivity contribution >= 4 is 41.3 Å². The summed E-state index contributed by atoms with van der Waals surface area (Å²) >= 11 is 1.89. The number of ether oxygens (including phenoxy) is 1. The molecule has 2 fully saturated rings. The summed E-state index contributed by atoms with van der Waals surface area (Å²) in [4.78, 5) is 12.9. The van der Waals surface area contributed by atoms with Crippen molar-refractivity contribution in [3.05, 3.63) is 21.9 Å². The first-order valence-corrected chi connectivity index (χ1v) is 11.7. The normalized spacial score (nSPS) is 22.3. The zero-order valence-electron chi connectivity index (χ0n) is 18.2. The second-order valence-electron chi connectivity index (χ2n) is 7.64. The van der Waals surface area contributed by atoms with Gasteiger partial charge in [0.2, 0.25) is 0 Å². The lowest BCUT2D eigenvalue weighted by Crippen LogP contribution is -2.45. The Labute approximate surface area is 197 Å². The van der Waals surface area contributed by atoms with Gasteiger partial charge in [0.15, 0.2) is 5.96 Å². The predicted molar refractivity (Wildman–Crippen MR) is 134 cm³/mol. The van der Waals surface area contributed by atoms with Gasteiger partial charge in [0.1, 0.15) is 0 Å². The lowest BCUT2D eigenvalue weighted by atomic mass is 10.2. The largest absolute Gasteiger partial charge is 0.379 e. The number of aryl methyl sites for hydroxylation is 1. The molecule has 2 N–H and O–H groups in total. The van der Waals surface area contributed by atoms with Crippen LogP contribution in [0.15, 0.2) is 17.1 Å². The second-order valence-corrected chi connectivity index (χ2v) is 8.96. The second kappa shape index (κ2) is 13.1. The van der Waals surface area contributed by atoms with Crippen LogP contribution in [0.5, 0.6) is 0 Å². The highest BCUT2D eigenvalue weighted by Crippen LogP contribution is 2.28. The van der Waals surface area contributed by atoms with Gasteiger partial charge < -0.3 is 15.4 Å². The molecule has 1 aromatic heterocycles. The molecule has 0 spiro atoms. The third kappa shape index (κ3) is 7.34. The first-order valence-electron chi connectivity index (χ1n) is 10.9. The number of hydrogen-bond donors (Lipinski definition) is 2. The Morgan fingerprint density at radius 1 is 1.24 bits per heavy atom. The van der Waals surface area contributed by atoms with Crippen LogP contribution in [-0.4, -0.2) is 80.8 Å². The molecule has 0 saturated carbocycles. The number of thiophene rings is 1. The summed E-state index contributed by atoms with van der Waals surface area (Å²) in [6.07, 6.45) is 2.59. The summed E-state index contributed by atoms with van der Waals surface area (Å²) in [6.45, 7) is 15.2. The number of nitrogens with zero attached hydrogens (tertiary/aromatic N) is 3. The Balaban J connectivity index is 0.00000300. The van der Waals surface area contributed by atoms with E-state index in [0.29, 0.717) is 12.1 Å². The molecule has 2 atom stereocenters. The molecule has 29 heavy (non-hydrogen) atoms. The van der Waals surface area contributed by atoms with E-state index in [1.807, 2.05) is 11.3 Å². The SMILES string of the molecule is CCNC(=NCC(c1ccc(C)s1)N1CCOCC1)NCC1CCCN1CC.I. The van der Waals surface area contributed by atoms with Gasteiger partial charge in [-0.2, -0.15) is 0 Å². The van der Waals surface area contributed by atoms with Crippen molar-refractivity contribution in [3.8, 4) is 0 Å². The molecule has 2 unspecified atom stereocenters. The standard InChI is InChI=1S/C21H37N5OS.HI/c1-4-22-21(23-15-18-7-6-10-25(18)5-2)24-16-19(20-9-8-17(3)28-20)26-11-13-27-14-12-26;/h8-9,18-19H,4-7,10-16H2,1-3H3,(H2,22,23,24);1H. The molecule has 2 aliphatic rings. The Morgan fingerprint density at radius 3 is 2.69 bits per heavy atom. The Kier molecular flexibility index (Phi) is 11.2. The van der Waals surface area contributed by atoms with Crippen molar-refractivity contribution in [2.45, 2.75) is 45.7 Å². The van der Waals surface area contributed by atoms with Gasteiger partial charge in [0, 0.05) is 42.0 Å². The highest BCUT2D eigenvalue weighted by molar-refractivity contribution is 14.0. The maximum absolute atomic E-state index is 5.57. The van der Waals surface area contributed by atoms with Crippen molar-refractivity contribution in [1.29, 1.82) is 0 Å². The van der Waals surface area contributed by atoms with Crippen LogP contribution in [-0.2, 0) is 4.74 Å². The van der Waals surface area contributed by atoms with E-state index in [1.54, 1.807) is 0 Å². The lowest BCUT2D eigenvalue weighted by molar-refractivity contribution is 0.0186. The minimum Gasteiger partial charge on any atom is -0.379 e. The third-order valence-corrected chi connectivity index (χ3v) is 6.85. The minimum absolute atomic E-state index is 0. The van der Waals surface area contributed by atoms with Crippen LogP contribution in [0.1, 0.15) is 42.5 Å². The fraction of sp³-hybridized carbons (Fsp3) is 0.762. The summed E-state index contributed by atoms with van der Waals surface area (Å²) in [5.74, 6) is 0.942. The molecule has 3 rings (SSSR count). The molecule has 0 aromatic carbocycles. The minimum atomic E-state index is 0. The van der Waals surface area contributed by atoms with Crippen molar-refractivity contribution in [2.75, 3.05) is 59.0 Å². The number of rotatable bonds is 8. The van der Waals surface area contributed by atoms with Crippen molar-refractivity contribution in [1.82, 2.24) is 20.4 Å². The number of aliphatic imine (C=N–C) groups is 1. The van der Waals surface area contributed by atoms with E-state index in [-0.39, 0.29) is 24.0 Å². The summed E-state index contributed by atoms with van der Waals surface area (Å²) in [5, 5.41) is 7.03. The molecule has 6 nitrogen and oxygen atoms in total. The maximum atomic E-state index is 5.57. The number of likely N-dealkylation sites (tertiary alicyclic amines) is 1. The summed E-state index contributed by atoms with van der Waals surface area (Å²) in [5.41, 5.74) is 0. The van der Waals surface area contributed by atoms with Gasteiger partial charge in [0.25, 0.3) is 0 Å². The van der Waals surface area contributed by atoms with Crippen LogP contribution < -0.4 is 10.6 Å². The third-order valence-electron chi connectivity index (χ3n) is 5.75. The Bertz CT molecular complexity index is 620. The van der Waals surface area contributed by atoms with Gasteiger partial charge in [-0.25, -0.2) is 0 Å². The number of morpholine rings is 1. The van der Waals surface area contributed by atoms with Crippen molar-refractivity contribution in [2.24, 2.45) is 4.99 Å². The van der Waals surface area contributed by atoms with Crippen molar-refractivity contribution < 1.29 is 4.74 Å². The van der Waals surface area contributed by atoms with Gasteiger partial charge in [0.05, 0.1) is 25.8 Å². The molecule has 2 aliphatic heterocycles. The van der Waals surface area contributed by atoms with Crippen LogP contribution in [0.3, 0.4) is 0 Å². The van der Waals surface area contributed by atoms with E-state index in [4.69, 9.17) is 9.73 Å². The fourth-order valence-electron chi connectivity index (χ4n) is 4.18. The van der Waals surface area contributed by atoms with Gasteiger partial charge in [-0.1, -0.05) is 6.92 Å². The van der Waals surface area contributed by atoms with E-state index in [1.165, 1.54) is 29.1 Å². The van der Waals surface area contributed by atoms with E-state index < -0.39 is 0 Å². The van der Waals surface area contributed by atoms with Gasteiger partial charge in [-0.3, -0.25) is 14.8 Å². The van der Waals surface area contributed by atoms with Crippen LogP contribution >= 0.6 is 35.3 Å². The van der Waals surface area contributed by atoms with Gasteiger partial charge >= 0.3 is 0 Å². The van der Waals surface area contributed by atoms with Crippen LogP contribution in [0.2, 0.25) is 0 Å². The van der Waals surface area contributed by atoms with Crippen LogP contribution in [0.25, 0.3) is 0 Å². The summed E-state index contributed by atoms with van der Waals surface area (Å²) < 4.78 is 5.57. The highest BCUT2D eigenvalue weighted by Gasteiger charge is 2.25. The first-order chi connectivity index (χ1) is 13.7. The highest BCUT2D eigenvalue weighted by atomic mass is 127. The fourth-order valence-corrected chi connectivity index (χ4v) is 5.19. The van der Waals surface area contributed by atoms with Gasteiger partial charge in [-0.05, 0) is 51.9 Å². The first kappa shape index (κ1) is 24.8. The monoisotopic (exact) mass is 535 g/mol. The molecule has 8 heteroatoms. The number of likely N-dealkylation sites (N-methyl/N-ethyl adjacent to an activating group) is 1. The molecule has 3 heterocycles. The van der Waals surface area contributed by atoms with Crippen LogP contribution in [0.4, 0.5) is 0 Å². The number of nitrogens with one attached hydrogen (secondary N) is 2. The van der Waals surface area contributed by atoms with Gasteiger partial charge in [-0.15, -0.1) is 35.3 Å². The summed E-state index contributed by atoms with van der Waals surface area (Å²) in [7, 11) is 0. The zero-order chi connectivity index (χ0) is 19.8. The average Bonchev–Trinajstić information content (AvgIpc) is 3.35. The topological polar surface area (TPSA) is 52.1 Å². The molecule has 0 radical (unpaired) electrons. The molecule has 1 aromatic rings. The number of guanidine groups is 1. The molecule has 2 saturated heterocycles. The summed E-state index contributed by atoms with van der Waals surface area (Å²) in [6, 6.07) is 5.45. The Hall–Kier alpha value is -0.420. The van der Waals surface area contributed by atoms with Crippen LogP contribution in [0, 0.1) is 6.92 Å². The van der Waals surface area contributed by atoms with Crippen molar-refractivity contribution in [3.63, 3.8) is 0 Å². The molecule has 166 valence electrons. The average molecular weight is 536 g/mol. The number of hydrogen-bond acceptors (Lipinski definition) is 5.